The third kappa shape index (κ3) is 11.0. The van der Waals surface area contributed by atoms with Crippen molar-refractivity contribution in [3.8, 4) is 11.8 Å². The number of ether oxygens (including phenoxy) is 2. The lowest BCUT2D eigenvalue weighted by atomic mass is 10.2. The predicted molar refractivity (Wildman–Crippen MR) is 129 cm³/mol. The van der Waals surface area contributed by atoms with Crippen LogP contribution < -0.4 is 24.8 Å². The summed E-state index contributed by atoms with van der Waals surface area (Å²) >= 11 is 0. The fourth-order valence-corrected chi connectivity index (χ4v) is 3.72. The van der Waals surface area contributed by atoms with Gasteiger partial charge in [0.25, 0.3) is 15.9 Å². The van der Waals surface area contributed by atoms with E-state index < -0.39 is 53.4 Å². The molecule has 2 aromatic heterocycles. The van der Waals surface area contributed by atoms with Gasteiger partial charge in [0.1, 0.15) is 0 Å². The summed E-state index contributed by atoms with van der Waals surface area (Å²) in [5.74, 6) is -1.81. The molecule has 0 aliphatic rings. The molecule has 38 heavy (non-hydrogen) atoms. The van der Waals surface area contributed by atoms with Crippen molar-refractivity contribution in [1.82, 2.24) is 29.9 Å². The Morgan fingerprint density at radius 3 is 2.16 bits per heavy atom. The van der Waals surface area contributed by atoms with Crippen molar-refractivity contribution >= 4 is 41.5 Å². The molecule has 210 valence electrons. The van der Waals surface area contributed by atoms with E-state index in [1.54, 1.807) is 4.72 Å². The summed E-state index contributed by atoms with van der Waals surface area (Å²) in [4.78, 5) is 63.1. The molecule has 0 fully saturated rings. The normalized spacial score (nSPS) is 10.9. The molecular weight excluding hydrogens is 553 g/mol. The van der Waals surface area contributed by atoms with E-state index >= 15 is 0 Å². The lowest BCUT2D eigenvalue weighted by molar-refractivity contribution is -0.135. The summed E-state index contributed by atoms with van der Waals surface area (Å²) in [7, 11) is -2.94. The van der Waals surface area contributed by atoms with Crippen LogP contribution >= 0.6 is 7.60 Å². The summed E-state index contributed by atoms with van der Waals surface area (Å²) in [6, 6.07) is 2.90. The van der Waals surface area contributed by atoms with Crippen LogP contribution in [0.1, 0.15) is 10.4 Å². The van der Waals surface area contributed by atoms with Crippen LogP contribution in [-0.2, 0) is 19.4 Å². The van der Waals surface area contributed by atoms with Crippen LogP contribution in [0.5, 0.6) is 11.8 Å². The quantitative estimate of drug-likeness (QED) is 0.182. The number of methoxy groups -OCH3 is 2. The Balaban J connectivity index is 0.000000612. The number of nitrogens with one attached hydrogen (secondary N) is 3. The van der Waals surface area contributed by atoms with Crippen molar-refractivity contribution in [1.29, 1.82) is 0 Å². The first kappa shape index (κ1) is 32.1. The van der Waals surface area contributed by atoms with Gasteiger partial charge in [-0.3, -0.25) is 24.8 Å². The number of carboxylic acid groups (broad SMARTS) is 1. The molecule has 0 bridgehead atoms. The van der Waals surface area contributed by atoms with Gasteiger partial charge in [0, 0.05) is 20.3 Å². The van der Waals surface area contributed by atoms with Crippen LogP contribution in [0.15, 0.2) is 29.4 Å². The number of nitrogens with zero attached hydrogens (tertiary/aromatic N) is 4. The molecule has 0 aromatic carbocycles. The maximum atomic E-state index is 12.5. The molecule has 0 unspecified atom stereocenters. The monoisotopic (exact) mass is 579 g/mol. The van der Waals surface area contributed by atoms with Gasteiger partial charge in [-0.25, -0.2) is 14.5 Å². The molecular formula is C18H26N7O11PS. The summed E-state index contributed by atoms with van der Waals surface area (Å²) in [6.07, 6.45) is 0.592. The second-order valence-corrected chi connectivity index (χ2v) is 10.3. The molecule has 0 spiro atoms. The maximum Gasteiger partial charge on any atom is 0.339 e. The summed E-state index contributed by atoms with van der Waals surface area (Å²) in [6.45, 7) is -0.439. The first-order valence-electron chi connectivity index (χ1n) is 10.0. The highest BCUT2D eigenvalue weighted by Crippen LogP contribution is 2.31. The molecule has 2 rings (SSSR count). The van der Waals surface area contributed by atoms with Gasteiger partial charge in [-0.05, 0) is 12.1 Å². The fourth-order valence-electron chi connectivity index (χ4n) is 2.28. The topological polar surface area (TPSA) is 260 Å². The second kappa shape index (κ2) is 14.1. The average Bonchev–Trinajstić information content (AvgIpc) is 2.82. The SMILES string of the molecule is COc1cc(OC)nc(NC(=O)NS(=O)(=O)c2ncccc2C(=O)N(C)C)n1.O=C(O)CNCP(=O)(O)O. The number of anilines is 1. The predicted octanol–water partition coefficient (Wildman–Crippen LogP) is -1.10. The van der Waals surface area contributed by atoms with Gasteiger partial charge in [0.2, 0.25) is 17.7 Å². The van der Waals surface area contributed by atoms with Crippen LogP contribution in [0, 0.1) is 0 Å². The molecule has 20 heteroatoms. The second-order valence-electron chi connectivity index (χ2n) is 7.03. The molecule has 0 aliphatic carbocycles. The number of sulfonamides is 1. The highest BCUT2D eigenvalue weighted by Gasteiger charge is 2.27. The molecule has 18 nitrogen and oxygen atoms in total. The van der Waals surface area contributed by atoms with Gasteiger partial charge >= 0.3 is 19.6 Å². The number of hydrogen-bond acceptors (Lipinski definition) is 12. The van der Waals surface area contributed by atoms with Crippen molar-refractivity contribution in [3.05, 3.63) is 30.0 Å². The van der Waals surface area contributed by atoms with E-state index in [0.29, 0.717) is 0 Å². The number of rotatable bonds is 10. The van der Waals surface area contributed by atoms with Crippen LogP contribution in [0.3, 0.4) is 0 Å². The van der Waals surface area contributed by atoms with Gasteiger partial charge in [0.15, 0.2) is 5.03 Å². The number of urea groups is 1. The first-order valence-corrected chi connectivity index (χ1v) is 13.3. The van der Waals surface area contributed by atoms with Gasteiger partial charge in [0.05, 0.1) is 38.7 Å². The van der Waals surface area contributed by atoms with E-state index in [-0.39, 0.29) is 23.3 Å². The minimum absolute atomic E-state index is 0.0913. The molecule has 0 saturated carbocycles. The Labute approximate surface area is 216 Å². The molecule has 2 aromatic rings. The molecule has 0 aliphatic heterocycles. The van der Waals surface area contributed by atoms with Crippen LogP contribution in [0.4, 0.5) is 10.7 Å². The van der Waals surface area contributed by atoms with Crippen molar-refractivity contribution in [2.24, 2.45) is 0 Å². The molecule has 2 heterocycles. The van der Waals surface area contributed by atoms with Gasteiger partial charge < -0.3 is 29.3 Å². The Morgan fingerprint density at radius 2 is 1.68 bits per heavy atom. The fraction of sp³-hybridized carbons (Fsp3) is 0.333. The minimum atomic E-state index is -4.46. The van der Waals surface area contributed by atoms with Crippen LogP contribution in [0.2, 0.25) is 0 Å². The van der Waals surface area contributed by atoms with E-state index in [1.165, 1.54) is 57.6 Å². The Hall–Kier alpha value is -3.90. The van der Waals surface area contributed by atoms with Crippen LogP contribution in [0.25, 0.3) is 0 Å². The molecule has 0 saturated heterocycles. The lowest BCUT2D eigenvalue weighted by Gasteiger charge is -2.14. The lowest BCUT2D eigenvalue weighted by Crippen LogP contribution is -2.36. The number of carboxylic acids is 1. The number of aliphatic carboxylic acids is 1. The zero-order chi connectivity index (χ0) is 29.1. The smallest absolute Gasteiger partial charge is 0.339 e. The zero-order valence-corrected chi connectivity index (χ0v) is 22.2. The Morgan fingerprint density at radius 1 is 1.11 bits per heavy atom. The molecule has 0 radical (unpaired) electrons. The van der Waals surface area contributed by atoms with Crippen molar-refractivity contribution in [2.75, 3.05) is 46.5 Å². The number of amides is 3. The third-order valence-corrected chi connectivity index (χ3v) is 5.73. The van der Waals surface area contributed by atoms with Gasteiger partial charge in [-0.2, -0.15) is 18.4 Å². The zero-order valence-electron chi connectivity index (χ0n) is 20.5. The van der Waals surface area contributed by atoms with Gasteiger partial charge in [-0.15, -0.1) is 0 Å². The minimum Gasteiger partial charge on any atom is -0.481 e. The summed E-state index contributed by atoms with van der Waals surface area (Å²) in [5, 5.41) is 11.6. The van der Waals surface area contributed by atoms with Crippen molar-refractivity contribution in [2.45, 2.75) is 5.03 Å². The number of carbonyl (C=O) groups excluding carboxylic acids is 2. The average molecular weight is 579 g/mol. The molecule has 3 amide bonds. The van der Waals surface area contributed by atoms with E-state index in [4.69, 9.17) is 24.4 Å². The van der Waals surface area contributed by atoms with Crippen molar-refractivity contribution in [3.63, 3.8) is 0 Å². The Bertz CT molecular complexity index is 1280. The highest BCUT2D eigenvalue weighted by molar-refractivity contribution is 7.90. The van der Waals surface area contributed by atoms with E-state index in [1.807, 2.05) is 0 Å². The number of pyridine rings is 1. The largest absolute Gasteiger partial charge is 0.481 e. The van der Waals surface area contributed by atoms with E-state index in [2.05, 4.69) is 25.6 Å². The highest BCUT2D eigenvalue weighted by atomic mass is 32.2. The van der Waals surface area contributed by atoms with E-state index in [0.717, 1.165) is 0 Å². The Kier molecular flexibility index (Phi) is 12.0. The van der Waals surface area contributed by atoms with Gasteiger partial charge in [-0.1, -0.05) is 0 Å². The third-order valence-electron chi connectivity index (χ3n) is 3.81. The molecule has 0 atom stereocenters. The van der Waals surface area contributed by atoms with Crippen molar-refractivity contribution < 1.29 is 51.7 Å². The molecule has 6 N–H and O–H groups in total. The number of hydrogen-bond donors (Lipinski definition) is 6. The standard InChI is InChI=1S/C15H18N6O6S.C3H8NO5P/c1-21(2)13(22)9-6-5-7-16-12(9)28(24,25)20-15(23)19-14-17-10(26-3)8-11(18-14)27-4;5-3(6)1-4-2-10(7,8)9/h5-8H,1-4H3,(H2,17,18,19,20,23);4H,1-2H2,(H,5,6)(H2,7,8,9). The van der Waals surface area contributed by atoms with Crippen LogP contribution in [-0.4, -0.2) is 102 Å². The number of aromatic nitrogens is 3. The number of carbonyl (C=O) groups is 3. The summed E-state index contributed by atoms with van der Waals surface area (Å²) < 4.78 is 46.8. The van der Waals surface area contributed by atoms with E-state index in [9.17, 15) is 27.4 Å². The summed E-state index contributed by atoms with van der Waals surface area (Å²) in [5.41, 5.74) is -0.188. The maximum absolute atomic E-state index is 12.5. The first-order chi connectivity index (χ1) is 17.6.